The Labute approximate surface area is 89.7 Å². The van der Waals surface area contributed by atoms with E-state index in [-0.39, 0.29) is 6.54 Å². The topological polar surface area (TPSA) is 42.7 Å². The zero-order chi connectivity index (χ0) is 12.3. The monoisotopic (exact) mass is 240 g/mol. The minimum Gasteiger partial charge on any atom is -0.317 e. The van der Waals surface area contributed by atoms with Crippen LogP contribution in [0.3, 0.4) is 0 Å². The molecule has 0 radical (unpaired) electrons. The Hall–Kier alpha value is -1.18. The number of hydrogen-bond donors (Lipinski definition) is 1. The number of rotatable bonds is 5. The number of hydrogen-bond acceptors (Lipinski definition) is 3. The molecule has 0 aliphatic heterocycles. The van der Waals surface area contributed by atoms with Crippen molar-refractivity contribution >= 4 is 0 Å². The van der Waals surface area contributed by atoms with Gasteiger partial charge in [-0.15, -0.1) is 10.2 Å². The molecule has 0 aromatic carbocycles. The standard InChI is InChI=1S/C8H12F4N4/c1-5-14-15-6(16(5)2)3-13-4-8(11,12)7(9)10/h7,13H,3-4H2,1-2H3. The van der Waals surface area contributed by atoms with Crippen LogP contribution in [0.4, 0.5) is 17.6 Å². The summed E-state index contributed by atoms with van der Waals surface area (Å²) >= 11 is 0. The average molecular weight is 240 g/mol. The zero-order valence-corrected chi connectivity index (χ0v) is 8.85. The second-order valence-electron chi connectivity index (χ2n) is 3.39. The Balaban J connectivity index is 2.45. The molecule has 1 N–H and O–H groups in total. The van der Waals surface area contributed by atoms with Crippen molar-refractivity contribution in [2.75, 3.05) is 6.54 Å². The highest BCUT2D eigenvalue weighted by Gasteiger charge is 2.40. The van der Waals surface area contributed by atoms with Crippen molar-refractivity contribution < 1.29 is 17.6 Å². The second kappa shape index (κ2) is 4.77. The Morgan fingerprint density at radius 3 is 2.44 bits per heavy atom. The van der Waals surface area contributed by atoms with Crippen LogP contribution >= 0.6 is 0 Å². The summed E-state index contributed by atoms with van der Waals surface area (Å²) in [5.74, 6) is -2.98. The first-order valence-corrected chi connectivity index (χ1v) is 4.56. The molecule has 0 saturated carbocycles. The van der Waals surface area contributed by atoms with Gasteiger partial charge in [0.25, 0.3) is 0 Å². The van der Waals surface area contributed by atoms with E-state index in [1.807, 2.05) is 0 Å². The summed E-state index contributed by atoms with van der Waals surface area (Å²) in [5.41, 5.74) is 0. The summed E-state index contributed by atoms with van der Waals surface area (Å²) in [5, 5.41) is 9.63. The van der Waals surface area contributed by atoms with Crippen molar-refractivity contribution in [3.63, 3.8) is 0 Å². The van der Waals surface area contributed by atoms with Gasteiger partial charge in [-0.2, -0.15) is 8.78 Å². The maximum absolute atomic E-state index is 12.5. The number of aryl methyl sites for hydroxylation is 1. The quantitative estimate of drug-likeness (QED) is 0.784. The summed E-state index contributed by atoms with van der Waals surface area (Å²) in [6, 6.07) is 0. The Kier molecular flexibility index (Phi) is 3.84. The molecule has 0 aliphatic rings. The van der Waals surface area contributed by atoms with Crippen LogP contribution < -0.4 is 5.32 Å². The first-order chi connectivity index (χ1) is 7.34. The van der Waals surface area contributed by atoms with Gasteiger partial charge in [0.1, 0.15) is 11.6 Å². The maximum atomic E-state index is 12.5. The van der Waals surface area contributed by atoms with Gasteiger partial charge >= 0.3 is 12.3 Å². The highest BCUT2D eigenvalue weighted by molar-refractivity contribution is 4.92. The van der Waals surface area contributed by atoms with Crippen LogP contribution in [-0.2, 0) is 13.6 Å². The lowest BCUT2D eigenvalue weighted by molar-refractivity contribution is -0.125. The van der Waals surface area contributed by atoms with Crippen molar-refractivity contribution in [3.8, 4) is 0 Å². The molecule has 4 nitrogen and oxygen atoms in total. The molecule has 1 aromatic heterocycles. The third kappa shape index (κ3) is 2.91. The lowest BCUT2D eigenvalue weighted by Crippen LogP contribution is -2.38. The molecule has 0 unspecified atom stereocenters. The zero-order valence-electron chi connectivity index (χ0n) is 8.85. The molecule has 0 bridgehead atoms. The number of nitrogens with zero attached hydrogens (tertiary/aromatic N) is 3. The van der Waals surface area contributed by atoms with Gasteiger partial charge < -0.3 is 9.88 Å². The Morgan fingerprint density at radius 1 is 1.38 bits per heavy atom. The molecule has 0 amide bonds. The largest absolute Gasteiger partial charge is 0.319 e. The van der Waals surface area contributed by atoms with Crippen molar-refractivity contribution in [2.45, 2.75) is 25.8 Å². The molecular weight excluding hydrogens is 228 g/mol. The van der Waals surface area contributed by atoms with Gasteiger partial charge in [-0.05, 0) is 6.92 Å². The van der Waals surface area contributed by atoms with E-state index in [1.54, 1.807) is 18.5 Å². The van der Waals surface area contributed by atoms with Gasteiger partial charge in [0.2, 0.25) is 0 Å². The van der Waals surface area contributed by atoms with E-state index in [0.29, 0.717) is 11.6 Å². The van der Waals surface area contributed by atoms with Crippen LogP contribution in [0.15, 0.2) is 0 Å². The second-order valence-corrected chi connectivity index (χ2v) is 3.39. The van der Waals surface area contributed by atoms with Gasteiger partial charge in [-0.1, -0.05) is 0 Å². The van der Waals surface area contributed by atoms with Crippen molar-refractivity contribution in [2.24, 2.45) is 7.05 Å². The van der Waals surface area contributed by atoms with Gasteiger partial charge in [-0.3, -0.25) is 0 Å². The molecule has 0 aliphatic carbocycles. The van der Waals surface area contributed by atoms with Crippen molar-refractivity contribution in [1.82, 2.24) is 20.1 Å². The van der Waals surface area contributed by atoms with Crippen LogP contribution in [0.25, 0.3) is 0 Å². The highest BCUT2D eigenvalue weighted by Crippen LogP contribution is 2.21. The van der Waals surface area contributed by atoms with E-state index in [2.05, 4.69) is 15.5 Å². The van der Waals surface area contributed by atoms with E-state index in [1.165, 1.54) is 0 Å². The fourth-order valence-corrected chi connectivity index (χ4v) is 1.02. The van der Waals surface area contributed by atoms with E-state index >= 15 is 0 Å². The smallest absolute Gasteiger partial charge is 0.317 e. The third-order valence-corrected chi connectivity index (χ3v) is 2.15. The third-order valence-electron chi connectivity index (χ3n) is 2.15. The van der Waals surface area contributed by atoms with E-state index in [9.17, 15) is 17.6 Å². The number of nitrogens with one attached hydrogen (secondary N) is 1. The Morgan fingerprint density at radius 2 is 2.00 bits per heavy atom. The molecule has 0 saturated heterocycles. The maximum Gasteiger partial charge on any atom is 0.319 e. The fraction of sp³-hybridized carbons (Fsp3) is 0.750. The van der Waals surface area contributed by atoms with Gasteiger partial charge in [0.05, 0.1) is 13.1 Å². The van der Waals surface area contributed by atoms with Crippen molar-refractivity contribution in [1.29, 1.82) is 0 Å². The molecular formula is C8H12F4N4. The lowest BCUT2D eigenvalue weighted by Gasteiger charge is -2.15. The van der Waals surface area contributed by atoms with Crippen LogP contribution in [0.5, 0.6) is 0 Å². The predicted molar refractivity (Wildman–Crippen MR) is 48.4 cm³/mol. The summed E-state index contributed by atoms with van der Waals surface area (Å²) in [6.07, 6.45) is -3.67. The van der Waals surface area contributed by atoms with E-state index in [4.69, 9.17) is 0 Å². The molecule has 0 spiro atoms. The van der Waals surface area contributed by atoms with Gasteiger partial charge in [0, 0.05) is 7.05 Å². The first kappa shape index (κ1) is 12.9. The summed E-state index contributed by atoms with van der Waals surface area (Å²) in [4.78, 5) is 0. The molecule has 92 valence electrons. The van der Waals surface area contributed by atoms with E-state index < -0.39 is 18.9 Å². The molecule has 8 heteroatoms. The minimum absolute atomic E-state index is 0.0281. The van der Waals surface area contributed by atoms with Crippen LogP contribution in [0, 0.1) is 6.92 Å². The number of aromatic nitrogens is 3. The molecule has 1 rings (SSSR count). The highest BCUT2D eigenvalue weighted by atomic mass is 19.3. The van der Waals surface area contributed by atoms with E-state index in [0.717, 1.165) is 0 Å². The van der Waals surface area contributed by atoms with Crippen molar-refractivity contribution in [3.05, 3.63) is 11.6 Å². The normalized spacial score (nSPS) is 12.4. The molecule has 1 aromatic rings. The first-order valence-electron chi connectivity index (χ1n) is 4.56. The minimum atomic E-state index is -4.02. The number of alkyl halides is 4. The molecule has 16 heavy (non-hydrogen) atoms. The SMILES string of the molecule is Cc1nnc(CNCC(F)(F)C(F)F)n1C. The van der Waals surface area contributed by atoms with Crippen LogP contribution in [-0.4, -0.2) is 33.7 Å². The fourth-order valence-electron chi connectivity index (χ4n) is 1.02. The number of halogens is 4. The summed E-state index contributed by atoms with van der Waals surface area (Å²) in [7, 11) is 1.66. The summed E-state index contributed by atoms with van der Waals surface area (Å²) < 4.78 is 50.2. The molecule has 1 heterocycles. The predicted octanol–water partition coefficient (Wildman–Crippen LogP) is 1.11. The average Bonchev–Trinajstić information content (AvgIpc) is 2.49. The van der Waals surface area contributed by atoms with Crippen LogP contribution in [0.2, 0.25) is 0 Å². The molecule has 0 fully saturated rings. The van der Waals surface area contributed by atoms with Crippen LogP contribution in [0.1, 0.15) is 11.6 Å². The van der Waals surface area contributed by atoms with Gasteiger partial charge in [0.15, 0.2) is 0 Å². The van der Waals surface area contributed by atoms with Gasteiger partial charge in [-0.25, -0.2) is 8.78 Å². The summed E-state index contributed by atoms with van der Waals surface area (Å²) in [6.45, 7) is 0.584. The lowest BCUT2D eigenvalue weighted by atomic mass is 10.3. The molecule has 0 atom stereocenters. The Bertz CT molecular complexity index is 350.